The third-order valence-corrected chi connectivity index (χ3v) is 4.23. The Labute approximate surface area is 108 Å². The third kappa shape index (κ3) is 1.94. The van der Waals surface area contributed by atoms with E-state index in [1.807, 2.05) is 17.0 Å². The highest BCUT2D eigenvalue weighted by molar-refractivity contribution is 5.93. The Kier molecular flexibility index (Phi) is 3.12. The molecule has 4 nitrogen and oxygen atoms in total. The molecule has 3 rings (SSSR count). The van der Waals surface area contributed by atoms with Gasteiger partial charge in [-0.15, -0.1) is 0 Å². The van der Waals surface area contributed by atoms with Crippen LogP contribution in [0.2, 0.25) is 0 Å². The Morgan fingerprint density at radius 1 is 1.44 bits per heavy atom. The van der Waals surface area contributed by atoms with E-state index in [1.165, 1.54) is 19.3 Å². The van der Waals surface area contributed by atoms with Gasteiger partial charge in [-0.05, 0) is 38.3 Å². The van der Waals surface area contributed by atoms with Gasteiger partial charge in [0.1, 0.15) is 5.69 Å². The predicted molar refractivity (Wildman–Crippen MR) is 70.7 cm³/mol. The fraction of sp³-hybridized carbons (Fsp3) is 0.643. The first-order valence-corrected chi connectivity index (χ1v) is 6.96. The van der Waals surface area contributed by atoms with Crippen molar-refractivity contribution >= 4 is 5.91 Å². The Morgan fingerprint density at radius 3 is 2.94 bits per heavy atom. The second-order valence-electron chi connectivity index (χ2n) is 5.44. The minimum atomic E-state index is 0.195. The number of nitrogens with zero attached hydrogens (tertiary/aromatic N) is 2. The highest BCUT2D eigenvalue weighted by Crippen LogP contribution is 2.33. The van der Waals surface area contributed by atoms with Crippen LogP contribution in [0.15, 0.2) is 18.3 Å². The lowest BCUT2D eigenvalue weighted by atomic mass is 9.93. The number of aromatic nitrogens is 1. The van der Waals surface area contributed by atoms with E-state index in [4.69, 9.17) is 0 Å². The SMILES string of the molecule is C[C@@H]1CNCCN1C(=O)c1cccn1C1CCC1. The van der Waals surface area contributed by atoms with Crippen LogP contribution >= 0.6 is 0 Å². The molecule has 0 radical (unpaired) electrons. The summed E-state index contributed by atoms with van der Waals surface area (Å²) < 4.78 is 2.18. The summed E-state index contributed by atoms with van der Waals surface area (Å²) in [4.78, 5) is 14.6. The molecule has 1 aromatic heterocycles. The first kappa shape index (κ1) is 11.8. The van der Waals surface area contributed by atoms with Gasteiger partial charge < -0.3 is 14.8 Å². The minimum Gasteiger partial charge on any atom is -0.340 e. The van der Waals surface area contributed by atoms with Crippen LogP contribution in [0.4, 0.5) is 0 Å². The van der Waals surface area contributed by atoms with E-state index in [9.17, 15) is 4.79 Å². The topological polar surface area (TPSA) is 37.3 Å². The summed E-state index contributed by atoms with van der Waals surface area (Å²) in [6, 6.07) is 4.81. The zero-order valence-corrected chi connectivity index (χ0v) is 10.9. The fourth-order valence-corrected chi connectivity index (χ4v) is 2.85. The number of carbonyl (C=O) groups excluding carboxylic acids is 1. The normalized spacial score (nSPS) is 24.9. The molecular formula is C14H21N3O. The molecule has 1 aromatic rings. The molecule has 1 aliphatic carbocycles. The molecule has 0 bridgehead atoms. The molecule has 2 aliphatic rings. The molecule has 1 N–H and O–H groups in total. The van der Waals surface area contributed by atoms with E-state index >= 15 is 0 Å². The van der Waals surface area contributed by atoms with Crippen LogP contribution in [-0.2, 0) is 0 Å². The maximum atomic E-state index is 12.6. The van der Waals surface area contributed by atoms with E-state index in [0.717, 1.165) is 25.3 Å². The van der Waals surface area contributed by atoms with Crippen molar-refractivity contribution in [2.75, 3.05) is 19.6 Å². The first-order valence-electron chi connectivity index (χ1n) is 6.96. The van der Waals surface area contributed by atoms with Gasteiger partial charge in [0, 0.05) is 37.9 Å². The number of nitrogens with one attached hydrogen (secondary N) is 1. The van der Waals surface area contributed by atoms with Crippen LogP contribution in [0.25, 0.3) is 0 Å². The van der Waals surface area contributed by atoms with E-state index < -0.39 is 0 Å². The van der Waals surface area contributed by atoms with Gasteiger partial charge in [0.05, 0.1) is 0 Å². The van der Waals surface area contributed by atoms with Crippen LogP contribution in [0.3, 0.4) is 0 Å². The number of amides is 1. The van der Waals surface area contributed by atoms with E-state index in [-0.39, 0.29) is 11.9 Å². The first-order chi connectivity index (χ1) is 8.77. The van der Waals surface area contributed by atoms with Crippen LogP contribution in [-0.4, -0.2) is 41.1 Å². The van der Waals surface area contributed by atoms with Crippen molar-refractivity contribution in [3.8, 4) is 0 Å². The van der Waals surface area contributed by atoms with Crippen LogP contribution in [0, 0.1) is 0 Å². The standard InChI is InChI=1S/C14H21N3O/c1-11-10-15-7-9-16(11)14(18)13-6-3-8-17(13)12-4-2-5-12/h3,6,8,11-12,15H,2,4-5,7,9-10H2,1H3/t11-/m1/s1. The van der Waals surface area contributed by atoms with Crippen molar-refractivity contribution in [3.05, 3.63) is 24.0 Å². The Bertz CT molecular complexity index is 436. The quantitative estimate of drug-likeness (QED) is 0.862. The molecule has 2 heterocycles. The average molecular weight is 247 g/mol. The van der Waals surface area contributed by atoms with Gasteiger partial charge in [-0.25, -0.2) is 0 Å². The van der Waals surface area contributed by atoms with E-state index in [2.05, 4.69) is 23.0 Å². The minimum absolute atomic E-state index is 0.195. The summed E-state index contributed by atoms with van der Waals surface area (Å²) in [5, 5.41) is 3.32. The molecule has 18 heavy (non-hydrogen) atoms. The summed E-state index contributed by atoms with van der Waals surface area (Å²) in [6.07, 6.45) is 5.78. The van der Waals surface area contributed by atoms with Crippen LogP contribution in [0.1, 0.15) is 42.7 Å². The van der Waals surface area contributed by atoms with Crippen molar-refractivity contribution < 1.29 is 4.79 Å². The Balaban J connectivity index is 1.80. The molecule has 0 spiro atoms. The zero-order chi connectivity index (χ0) is 12.5. The van der Waals surface area contributed by atoms with Gasteiger partial charge in [-0.2, -0.15) is 0 Å². The fourth-order valence-electron chi connectivity index (χ4n) is 2.85. The van der Waals surface area contributed by atoms with Crippen molar-refractivity contribution in [2.24, 2.45) is 0 Å². The smallest absolute Gasteiger partial charge is 0.270 e. The molecule has 1 saturated heterocycles. The lowest BCUT2D eigenvalue weighted by Gasteiger charge is -2.35. The van der Waals surface area contributed by atoms with Crippen LogP contribution in [0.5, 0.6) is 0 Å². The van der Waals surface area contributed by atoms with Gasteiger partial charge >= 0.3 is 0 Å². The van der Waals surface area contributed by atoms with Gasteiger partial charge in [0.15, 0.2) is 0 Å². The van der Waals surface area contributed by atoms with Gasteiger partial charge in [-0.3, -0.25) is 4.79 Å². The monoisotopic (exact) mass is 247 g/mol. The molecule has 1 atom stereocenters. The maximum Gasteiger partial charge on any atom is 0.270 e. The van der Waals surface area contributed by atoms with Gasteiger partial charge in [-0.1, -0.05) is 0 Å². The molecule has 1 saturated carbocycles. The molecule has 1 amide bonds. The van der Waals surface area contributed by atoms with Crippen molar-refractivity contribution in [1.82, 2.24) is 14.8 Å². The lowest BCUT2D eigenvalue weighted by molar-refractivity contribution is 0.0638. The van der Waals surface area contributed by atoms with Crippen molar-refractivity contribution in [1.29, 1.82) is 0 Å². The summed E-state index contributed by atoms with van der Waals surface area (Å²) in [6.45, 7) is 4.73. The largest absolute Gasteiger partial charge is 0.340 e. The molecule has 2 fully saturated rings. The second kappa shape index (κ2) is 4.76. The number of hydrogen-bond acceptors (Lipinski definition) is 2. The van der Waals surface area contributed by atoms with Gasteiger partial charge in [0.25, 0.3) is 5.91 Å². The predicted octanol–water partition coefficient (Wildman–Crippen LogP) is 1.65. The molecule has 98 valence electrons. The van der Waals surface area contributed by atoms with E-state index in [0.29, 0.717) is 6.04 Å². The highest BCUT2D eigenvalue weighted by Gasteiger charge is 2.28. The molecule has 4 heteroatoms. The second-order valence-corrected chi connectivity index (χ2v) is 5.44. The number of hydrogen-bond donors (Lipinski definition) is 1. The number of rotatable bonds is 2. The summed E-state index contributed by atoms with van der Waals surface area (Å²) >= 11 is 0. The highest BCUT2D eigenvalue weighted by atomic mass is 16.2. The lowest BCUT2D eigenvalue weighted by Crippen LogP contribution is -2.52. The molecular weight excluding hydrogens is 226 g/mol. The maximum absolute atomic E-state index is 12.6. The van der Waals surface area contributed by atoms with Crippen molar-refractivity contribution in [2.45, 2.75) is 38.3 Å². The zero-order valence-electron chi connectivity index (χ0n) is 10.9. The third-order valence-electron chi connectivity index (χ3n) is 4.23. The number of carbonyl (C=O) groups is 1. The van der Waals surface area contributed by atoms with Crippen molar-refractivity contribution in [3.63, 3.8) is 0 Å². The summed E-state index contributed by atoms with van der Waals surface area (Å²) in [7, 11) is 0. The number of piperazine rings is 1. The molecule has 0 aromatic carbocycles. The Morgan fingerprint density at radius 2 is 2.28 bits per heavy atom. The average Bonchev–Trinajstić information content (AvgIpc) is 2.75. The summed E-state index contributed by atoms with van der Waals surface area (Å²) in [5.41, 5.74) is 0.869. The van der Waals surface area contributed by atoms with Crippen LogP contribution < -0.4 is 5.32 Å². The summed E-state index contributed by atoms with van der Waals surface area (Å²) in [5.74, 6) is 0.195. The molecule has 1 aliphatic heterocycles. The Hall–Kier alpha value is -1.29. The van der Waals surface area contributed by atoms with E-state index in [1.54, 1.807) is 0 Å². The van der Waals surface area contributed by atoms with Gasteiger partial charge in [0.2, 0.25) is 0 Å². The molecule has 0 unspecified atom stereocenters.